The molecule has 0 atom stereocenters. The molecule has 0 radical (unpaired) electrons. The molecule has 2 rings (SSSR count). The number of nitrogens with two attached hydrogens (primary N) is 1. The van der Waals surface area contributed by atoms with Crippen molar-refractivity contribution in [2.45, 2.75) is 11.4 Å². The van der Waals surface area contributed by atoms with Crippen LogP contribution in [0.5, 0.6) is 11.5 Å². The van der Waals surface area contributed by atoms with Gasteiger partial charge in [0, 0.05) is 22.6 Å². The van der Waals surface area contributed by atoms with E-state index in [0.717, 1.165) is 11.3 Å². The van der Waals surface area contributed by atoms with Gasteiger partial charge in [-0.15, -0.1) is 11.8 Å². The van der Waals surface area contributed by atoms with E-state index < -0.39 is 5.91 Å². The minimum Gasteiger partial charge on any atom is -0.457 e. The largest absolute Gasteiger partial charge is 0.457 e. The van der Waals surface area contributed by atoms with Gasteiger partial charge in [-0.1, -0.05) is 0 Å². The summed E-state index contributed by atoms with van der Waals surface area (Å²) in [7, 11) is 1.84. The summed E-state index contributed by atoms with van der Waals surface area (Å²) < 4.78 is 5.89. The summed E-state index contributed by atoms with van der Waals surface area (Å²) in [4.78, 5) is 12.4. The summed E-state index contributed by atoms with van der Waals surface area (Å²) in [5, 5.41) is 3.06. The van der Waals surface area contributed by atoms with Crippen LogP contribution in [-0.2, 0) is 6.54 Å². The van der Waals surface area contributed by atoms with Gasteiger partial charge in [-0.3, -0.25) is 4.79 Å². The number of nitrogens with one attached hydrogen (secondary N) is 1. The molecule has 0 spiro atoms. The number of rotatable bonds is 6. The van der Waals surface area contributed by atoms with Crippen molar-refractivity contribution in [1.29, 1.82) is 0 Å². The lowest BCUT2D eigenvalue weighted by Gasteiger charge is -2.12. The Morgan fingerprint density at radius 1 is 1.24 bits per heavy atom. The molecule has 5 heteroatoms. The molecule has 0 heterocycles. The SMILES string of the molecule is CNCc1cc(C(N)=O)ccc1Oc1ccc(SC)cc1. The van der Waals surface area contributed by atoms with Crippen molar-refractivity contribution in [3.63, 3.8) is 0 Å². The molecule has 2 aromatic rings. The summed E-state index contributed by atoms with van der Waals surface area (Å²) in [6.07, 6.45) is 2.03. The molecule has 110 valence electrons. The summed E-state index contributed by atoms with van der Waals surface area (Å²) in [5.74, 6) is 1.03. The quantitative estimate of drug-likeness (QED) is 0.805. The van der Waals surface area contributed by atoms with Crippen molar-refractivity contribution >= 4 is 17.7 Å². The van der Waals surface area contributed by atoms with Crippen LogP contribution in [0.15, 0.2) is 47.4 Å². The number of carbonyl (C=O) groups excluding carboxylic acids is 1. The van der Waals surface area contributed by atoms with Gasteiger partial charge in [-0.2, -0.15) is 0 Å². The third-order valence-electron chi connectivity index (χ3n) is 3.00. The van der Waals surface area contributed by atoms with Crippen LogP contribution in [-0.4, -0.2) is 19.2 Å². The zero-order valence-corrected chi connectivity index (χ0v) is 12.9. The molecule has 21 heavy (non-hydrogen) atoms. The molecular formula is C16H18N2O2S. The Labute approximate surface area is 128 Å². The summed E-state index contributed by atoms with van der Waals surface area (Å²) >= 11 is 1.68. The molecule has 0 aliphatic carbocycles. The maximum absolute atomic E-state index is 11.3. The van der Waals surface area contributed by atoms with Gasteiger partial charge in [0.05, 0.1) is 0 Å². The fourth-order valence-corrected chi connectivity index (χ4v) is 2.34. The van der Waals surface area contributed by atoms with E-state index in [1.807, 2.05) is 37.6 Å². The molecule has 0 saturated carbocycles. The zero-order chi connectivity index (χ0) is 15.2. The number of ether oxygens (including phenoxy) is 1. The van der Waals surface area contributed by atoms with Crippen molar-refractivity contribution in [3.8, 4) is 11.5 Å². The summed E-state index contributed by atoms with van der Waals surface area (Å²) in [5.41, 5.74) is 6.68. The molecular weight excluding hydrogens is 284 g/mol. The average molecular weight is 302 g/mol. The van der Waals surface area contributed by atoms with E-state index in [1.165, 1.54) is 4.90 Å². The molecule has 0 aliphatic heterocycles. The molecule has 0 saturated heterocycles. The van der Waals surface area contributed by atoms with Crippen LogP contribution >= 0.6 is 11.8 Å². The van der Waals surface area contributed by atoms with Gasteiger partial charge in [-0.25, -0.2) is 0 Å². The minimum absolute atomic E-state index is 0.441. The first kappa shape index (κ1) is 15.4. The normalized spacial score (nSPS) is 10.4. The number of hydrogen-bond acceptors (Lipinski definition) is 4. The monoisotopic (exact) mass is 302 g/mol. The predicted octanol–water partition coefficient (Wildman–Crippen LogP) is 3.02. The second-order valence-electron chi connectivity index (χ2n) is 4.49. The Bertz CT molecular complexity index is 627. The van der Waals surface area contributed by atoms with Crippen molar-refractivity contribution in [1.82, 2.24) is 5.32 Å². The first-order chi connectivity index (χ1) is 10.1. The van der Waals surface area contributed by atoms with Crippen molar-refractivity contribution in [2.75, 3.05) is 13.3 Å². The van der Waals surface area contributed by atoms with E-state index in [4.69, 9.17) is 10.5 Å². The van der Waals surface area contributed by atoms with Crippen LogP contribution in [0.3, 0.4) is 0 Å². The summed E-state index contributed by atoms with van der Waals surface area (Å²) in [6.45, 7) is 0.597. The lowest BCUT2D eigenvalue weighted by atomic mass is 10.1. The predicted molar refractivity (Wildman–Crippen MR) is 86.0 cm³/mol. The molecule has 0 bridgehead atoms. The van der Waals surface area contributed by atoms with Crippen LogP contribution in [0.1, 0.15) is 15.9 Å². The number of carbonyl (C=O) groups is 1. The molecule has 2 aromatic carbocycles. The third-order valence-corrected chi connectivity index (χ3v) is 3.74. The lowest BCUT2D eigenvalue weighted by Crippen LogP contribution is -2.13. The first-order valence-corrected chi connectivity index (χ1v) is 7.75. The standard InChI is InChI=1S/C16H18N2O2S/c1-18-10-12-9-11(16(17)19)3-8-15(12)20-13-4-6-14(21-2)7-5-13/h3-9,18H,10H2,1-2H3,(H2,17,19). The number of thioether (sulfide) groups is 1. The number of benzene rings is 2. The van der Waals surface area contributed by atoms with E-state index in [9.17, 15) is 4.79 Å². The van der Waals surface area contributed by atoms with Gasteiger partial charge < -0.3 is 15.8 Å². The van der Waals surface area contributed by atoms with Gasteiger partial charge in [0.25, 0.3) is 0 Å². The van der Waals surface area contributed by atoms with Crippen molar-refractivity contribution in [3.05, 3.63) is 53.6 Å². The highest BCUT2D eigenvalue weighted by Crippen LogP contribution is 2.28. The maximum atomic E-state index is 11.3. The van der Waals surface area contributed by atoms with E-state index in [-0.39, 0.29) is 0 Å². The van der Waals surface area contributed by atoms with Gasteiger partial charge in [0.15, 0.2) is 0 Å². The molecule has 3 N–H and O–H groups in total. The topological polar surface area (TPSA) is 64.3 Å². The molecule has 0 fully saturated rings. The van der Waals surface area contributed by atoms with Crippen molar-refractivity contribution in [2.24, 2.45) is 5.73 Å². The highest BCUT2D eigenvalue weighted by atomic mass is 32.2. The second-order valence-corrected chi connectivity index (χ2v) is 5.37. The van der Waals surface area contributed by atoms with Gasteiger partial charge in [0.1, 0.15) is 11.5 Å². The van der Waals surface area contributed by atoms with Crippen LogP contribution in [0.4, 0.5) is 0 Å². The molecule has 1 amide bonds. The highest BCUT2D eigenvalue weighted by molar-refractivity contribution is 7.98. The second kappa shape index (κ2) is 7.15. The smallest absolute Gasteiger partial charge is 0.248 e. The number of primary amides is 1. The average Bonchev–Trinajstić information content (AvgIpc) is 2.50. The lowest BCUT2D eigenvalue weighted by molar-refractivity contribution is 0.1000. The van der Waals surface area contributed by atoms with E-state index in [0.29, 0.717) is 17.9 Å². The molecule has 0 aliphatic rings. The minimum atomic E-state index is -0.441. The van der Waals surface area contributed by atoms with Crippen LogP contribution in [0.25, 0.3) is 0 Å². The Hall–Kier alpha value is -1.98. The number of amides is 1. The maximum Gasteiger partial charge on any atom is 0.248 e. The fraction of sp³-hybridized carbons (Fsp3) is 0.188. The Kier molecular flexibility index (Phi) is 5.25. The highest BCUT2D eigenvalue weighted by Gasteiger charge is 2.09. The molecule has 0 unspecified atom stereocenters. The zero-order valence-electron chi connectivity index (χ0n) is 12.1. The van der Waals surface area contributed by atoms with Crippen LogP contribution in [0, 0.1) is 0 Å². The first-order valence-electron chi connectivity index (χ1n) is 6.53. The van der Waals surface area contributed by atoms with Crippen LogP contribution in [0.2, 0.25) is 0 Å². The van der Waals surface area contributed by atoms with Gasteiger partial charge >= 0.3 is 0 Å². The van der Waals surface area contributed by atoms with E-state index in [1.54, 1.807) is 30.0 Å². The Morgan fingerprint density at radius 2 is 1.95 bits per heavy atom. The fourth-order valence-electron chi connectivity index (χ4n) is 1.93. The Balaban J connectivity index is 2.26. The molecule has 0 aromatic heterocycles. The number of hydrogen-bond donors (Lipinski definition) is 2. The van der Waals surface area contributed by atoms with E-state index in [2.05, 4.69) is 5.32 Å². The van der Waals surface area contributed by atoms with Crippen molar-refractivity contribution < 1.29 is 9.53 Å². The molecule has 4 nitrogen and oxygen atoms in total. The van der Waals surface area contributed by atoms with E-state index >= 15 is 0 Å². The van der Waals surface area contributed by atoms with Gasteiger partial charge in [-0.05, 0) is 55.8 Å². The summed E-state index contributed by atoms with van der Waals surface area (Å²) in [6, 6.07) is 13.1. The Morgan fingerprint density at radius 3 is 2.52 bits per heavy atom. The third kappa shape index (κ3) is 4.00. The van der Waals surface area contributed by atoms with Gasteiger partial charge in [0.2, 0.25) is 5.91 Å². The van der Waals surface area contributed by atoms with Crippen LogP contribution < -0.4 is 15.8 Å².